The van der Waals surface area contributed by atoms with Gasteiger partial charge in [0, 0.05) is 12.3 Å². The molecule has 0 aliphatic heterocycles. The van der Waals surface area contributed by atoms with Gasteiger partial charge in [-0.2, -0.15) is 0 Å². The van der Waals surface area contributed by atoms with E-state index >= 15 is 0 Å². The maximum atomic E-state index is 11.8. The number of aromatic amines is 1. The lowest BCUT2D eigenvalue weighted by Crippen LogP contribution is -2.43. The van der Waals surface area contributed by atoms with E-state index in [2.05, 4.69) is 17.3 Å². The average molecular weight is 267 g/mol. The molecule has 0 spiro atoms. The van der Waals surface area contributed by atoms with E-state index < -0.39 is 16.7 Å². The minimum absolute atomic E-state index is 0.116. The van der Waals surface area contributed by atoms with E-state index in [0.717, 1.165) is 17.5 Å². The molecule has 1 aromatic rings. The molecule has 2 rings (SSSR count). The maximum Gasteiger partial charge on any atom is 0.346 e. The van der Waals surface area contributed by atoms with Gasteiger partial charge in [-0.25, -0.2) is 9.47 Å². The lowest BCUT2D eigenvalue weighted by atomic mass is 9.64. The van der Waals surface area contributed by atoms with Gasteiger partial charge in [0.15, 0.2) is 6.73 Å². The van der Waals surface area contributed by atoms with Crippen LogP contribution in [-0.4, -0.2) is 22.4 Å². The summed E-state index contributed by atoms with van der Waals surface area (Å²) >= 11 is 0. The van der Waals surface area contributed by atoms with E-state index in [1.54, 1.807) is 0 Å². The third-order valence-corrected chi connectivity index (χ3v) is 3.35. The van der Waals surface area contributed by atoms with Gasteiger partial charge in [-0.1, -0.05) is 6.92 Å². The van der Waals surface area contributed by atoms with Gasteiger partial charge < -0.3 is 4.74 Å². The molecule has 0 amide bonds. The molecule has 2 N–H and O–H groups in total. The van der Waals surface area contributed by atoms with Crippen molar-refractivity contribution in [2.75, 3.05) is 12.2 Å². The summed E-state index contributed by atoms with van der Waals surface area (Å²) in [6, 6.07) is 1.20. The van der Waals surface area contributed by atoms with E-state index in [-0.39, 0.29) is 12.7 Å². The largest absolute Gasteiger partial charge is 0.443 e. The normalized spacial score (nSPS) is 25.5. The Morgan fingerprint density at radius 1 is 1.58 bits per heavy atom. The number of nitrogens with zero attached hydrogens (tertiary/aromatic N) is 1. The number of nitrogens with one attached hydrogen (secondary N) is 2. The Hall–Kier alpha value is -2.05. The minimum atomic E-state index is -0.605. The van der Waals surface area contributed by atoms with Crippen LogP contribution in [0.1, 0.15) is 26.7 Å². The molecule has 1 heterocycles. The van der Waals surface area contributed by atoms with Crippen molar-refractivity contribution < 1.29 is 9.53 Å². The maximum absolute atomic E-state index is 11.8. The molecule has 1 aromatic heterocycles. The Bertz CT molecular complexity index is 583. The zero-order valence-electron chi connectivity index (χ0n) is 10.9. The van der Waals surface area contributed by atoms with Crippen LogP contribution in [-0.2, 0) is 9.53 Å². The summed E-state index contributed by atoms with van der Waals surface area (Å²) in [5, 5.41) is 0. The first kappa shape index (κ1) is 13.4. The van der Waals surface area contributed by atoms with Crippen LogP contribution >= 0.6 is 0 Å². The molecule has 1 saturated carbocycles. The van der Waals surface area contributed by atoms with Crippen LogP contribution in [0, 0.1) is 11.3 Å². The molecule has 0 unspecified atom stereocenters. The molecule has 1 fully saturated rings. The summed E-state index contributed by atoms with van der Waals surface area (Å²) in [6.45, 7) is 3.85. The van der Waals surface area contributed by atoms with E-state index in [1.165, 1.54) is 12.3 Å². The molecule has 7 heteroatoms. The van der Waals surface area contributed by atoms with Crippen LogP contribution in [0.3, 0.4) is 0 Å². The first-order chi connectivity index (χ1) is 8.90. The monoisotopic (exact) mass is 267 g/mol. The summed E-state index contributed by atoms with van der Waals surface area (Å²) in [5.41, 5.74) is 1.11. The van der Waals surface area contributed by atoms with Crippen LogP contribution in [0.5, 0.6) is 0 Å². The van der Waals surface area contributed by atoms with Crippen molar-refractivity contribution in [1.29, 1.82) is 0 Å². The topological polar surface area (TPSA) is 93.2 Å². The molecule has 0 bridgehead atoms. The number of carbonyl (C=O) groups is 1. The van der Waals surface area contributed by atoms with Crippen LogP contribution in [0.4, 0.5) is 0 Å². The second-order valence-corrected chi connectivity index (χ2v) is 5.29. The zero-order chi connectivity index (χ0) is 14.0. The molecule has 7 nitrogen and oxygen atoms in total. The zero-order valence-corrected chi connectivity index (χ0v) is 10.9. The second kappa shape index (κ2) is 4.91. The Morgan fingerprint density at radius 3 is 2.84 bits per heavy atom. The number of ether oxygens (including phenoxy) is 1. The van der Waals surface area contributed by atoms with Crippen molar-refractivity contribution in [3.8, 4) is 0 Å². The van der Waals surface area contributed by atoms with E-state index in [4.69, 9.17) is 4.74 Å². The highest BCUT2D eigenvalue weighted by atomic mass is 16.5. The van der Waals surface area contributed by atoms with Crippen LogP contribution in [0.2, 0.25) is 0 Å². The number of hydrogen-bond acceptors (Lipinski definition) is 5. The van der Waals surface area contributed by atoms with Crippen LogP contribution < -0.4 is 16.7 Å². The molecule has 0 aromatic carbocycles. The molecule has 1 aliphatic rings. The van der Waals surface area contributed by atoms with Gasteiger partial charge in [0.25, 0.3) is 5.56 Å². The quantitative estimate of drug-likeness (QED) is 0.592. The number of esters is 1. The molecule has 0 atom stereocenters. The Balaban J connectivity index is 1.85. The number of aromatic nitrogens is 2. The summed E-state index contributed by atoms with van der Waals surface area (Å²) < 4.78 is 6.14. The molecular weight excluding hydrogens is 250 g/mol. The van der Waals surface area contributed by atoms with Crippen molar-refractivity contribution in [3.63, 3.8) is 0 Å². The fraction of sp³-hybridized carbons (Fsp3) is 0.583. The first-order valence-corrected chi connectivity index (χ1v) is 6.14. The van der Waals surface area contributed by atoms with Gasteiger partial charge in [0.1, 0.15) is 0 Å². The molecule has 19 heavy (non-hydrogen) atoms. The van der Waals surface area contributed by atoms with Gasteiger partial charge in [-0.05, 0) is 25.7 Å². The Morgan fingerprint density at radius 2 is 2.26 bits per heavy atom. The molecule has 0 saturated heterocycles. The highest BCUT2D eigenvalue weighted by Gasteiger charge is 2.45. The summed E-state index contributed by atoms with van der Waals surface area (Å²) in [5.74, 6) is 0.280. The van der Waals surface area contributed by atoms with Crippen LogP contribution in [0.25, 0.3) is 0 Å². The highest BCUT2D eigenvalue weighted by Crippen LogP contribution is 2.45. The Labute approximate surface area is 109 Å². The third-order valence-electron chi connectivity index (χ3n) is 3.35. The molecule has 104 valence electrons. The lowest BCUT2D eigenvalue weighted by Gasteiger charge is -2.41. The van der Waals surface area contributed by atoms with Gasteiger partial charge in [0.2, 0.25) is 0 Å². The first-order valence-electron chi connectivity index (χ1n) is 6.14. The highest BCUT2D eigenvalue weighted by molar-refractivity contribution is 5.77. The third kappa shape index (κ3) is 2.86. The molecule has 0 radical (unpaired) electrons. The molecule has 1 aliphatic carbocycles. The van der Waals surface area contributed by atoms with E-state index in [9.17, 15) is 14.4 Å². The number of H-pyrrole nitrogens is 1. The number of hydrogen-bond donors (Lipinski definition) is 2. The predicted octanol–water partition coefficient (Wildman–Crippen LogP) is 0.0170. The van der Waals surface area contributed by atoms with Crippen molar-refractivity contribution in [1.82, 2.24) is 9.66 Å². The lowest BCUT2D eigenvalue weighted by molar-refractivity contribution is -0.162. The number of rotatable bonds is 4. The Kier molecular flexibility index (Phi) is 3.46. The molecular formula is C12H17N3O4. The SMILES string of the molecule is CC1CC(C)(C(=O)OCNn2ccc(=O)[nH]c2=O)C1. The fourth-order valence-corrected chi connectivity index (χ4v) is 2.53. The van der Waals surface area contributed by atoms with Crippen molar-refractivity contribution in [2.45, 2.75) is 26.7 Å². The standard InChI is InChI=1S/C12H17N3O4/c1-8-5-12(2,6-8)10(17)19-7-13-15-4-3-9(16)14-11(15)18/h3-4,8,13H,5-7H2,1-2H3,(H,14,16,18). The number of carbonyl (C=O) groups excluding carboxylic acids is 1. The van der Waals surface area contributed by atoms with Gasteiger partial charge >= 0.3 is 11.7 Å². The van der Waals surface area contributed by atoms with Gasteiger partial charge in [0.05, 0.1) is 5.41 Å². The summed E-state index contributed by atoms with van der Waals surface area (Å²) in [6.07, 6.45) is 2.93. The van der Waals surface area contributed by atoms with E-state index in [0.29, 0.717) is 5.92 Å². The minimum Gasteiger partial charge on any atom is -0.443 e. The average Bonchev–Trinajstić information content (AvgIpc) is 2.30. The van der Waals surface area contributed by atoms with Crippen molar-refractivity contribution >= 4 is 5.97 Å². The summed E-state index contributed by atoms with van der Waals surface area (Å²) in [4.78, 5) is 36.1. The van der Waals surface area contributed by atoms with Gasteiger partial charge in [-0.15, -0.1) is 0 Å². The van der Waals surface area contributed by atoms with E-state index in [1.807, 2.05) is 6.92 Å². The van der Waals surface area contributed by atoms with Crippen molar-refractivity contribution in [3.05, 3.63) is 33.1 Å². The van der Waals surface area contributed by atoms with Gasteiger partial charge in [-0.3, -0.25) is 20.0 Å². The smallest absolute Gasteiger partial charge is 0.346 e. The van der Waals surface area contributed by atoms with Crippen LogP contribution in [0.15, 0.2) is 21.9 Å². The predicted molar refractivity (Wildman–Crippen MR) is 68.1 cm³/mol. The second-order valence-electron chi connectivity index (χ2n) is 5.29. The van der Waals surface area contributed by atoms with Crippen molar-refractivity contribution in [2.24, 2.45) is 11.3 Å². The fourth-order valence-electron chi connectivity index (χ4n) is 2.53. The summed E-state index contributed by atoms with van der Waals surface area (Å²) in [7, 11) is 0.